The number of aliphatic imine (C=N–C) groups is 1. The summed E-state index contributed by atoms with van der Waals surface area (Å²) in [7, 11) is 1.77. The molecule has 1 aromatic heterocycles. The predicted octanol–water partition coefficient (Wildman–Crippen LogP) is 2.20. The van der Waals surface area contributed by atoms with Crippen molar-refractivity contribution in [3.05, 3.63) is 52.9 Å². The molecule has 0 radical (unpaired) electrons. The van der Waals surface area contributed by atoms with Crippen LogP contribution in [0.1, 0.15) is 22.6 Å². The van der Waals surface area contributed by atoms with Crippen molar-refractivity contribution in [2.45, 2.75) is 26.8 Å². The van der Waals surface area contributed by atoms with Gasteiger partial charge in [-0.25, -0.2) is 0 Å². The van der Waals surface area contributed by atoms with Crippen molar-refractivity contribution >= 4 is 5.96 Å². The van der Waals surface area contributed by atoms with E-state index in [1.54, 1.807) is 7.05 Å². The van der Waals surface area contributed by atoms with Crippen molar-refractivity contribution in [1.29, 1.82) is 0 Å². The van der Waals surface area contributed by atoms with Crippen LogP contribution in [0.15, 0.2) is 39.8 Å². The fraction of sp³-hybridized carbons (Fsp3) is 0.375. The minimum atomic E-state index is 0.756. The van der Waals surface area contributed by atoms with E-state index in [1.807, 2.05) is 32.0 Å². The van der Waals surface area contributed by atoms with E-state index in [2.05, 4.69) is 32.9 Å². The topological polar surface area (TPSA) is 62.5 Å². The van der Waals surface area contributed by atoms with Crippen LogP contribution < -0.4 is 10.6 Å². The van der Waals surface area contributed by atoms with Crippen LogP contribution in [0.25, 0.3) is 0 Å². The maximum Gasteiger partial charge on any atom is 0.191 e. The van der Waals surface area contributed by atoms with Gasteiger partial charge in [0.2, 0.25) is 0 Å². The van der Waals surface area contributed by atoms with E-state index in [4.69, 9.17) is 4.52 Å². The van der Waals surface area contributed by atoms with Crippen LogP contribution in [0.2, 0.25) is 0 Å². The Morgan fingerprint density at radius 1 is 1.19 bits per heavy atom. The van der Waals surface area contributed by atoms with Gasteiger partial charge in [-0.2, -0.15) is 0 Å². The Morgan fingerprint density at radius 2 is 1.95 bits per heavy atom. The molecule has 2 rings (SSSR count). The van der Waals surface area contributed by atoms with Crippen molar-refractivity contribution in [2.75, 3.05) is 13.6 Å². The standard InChI is InChI=1S/C16H22N4O/c1-12-15(13(2)21-20-12)9-10-18-16(17-3)19-11-14-7-5-4-6-8-14/h4-8H,9-11H2,1-3H3,(H2,17,18,19). The average molecular weight is 286 g/mol. The molecule has 0 spiro atoms. The minimum absolute atomic E-state index is 0.756. The molecule has 0 fully saturated rings. The van der Waals surface area contributed by atoms with Gasteiger partial charge in [0.1, 0.15) is 5.76 Å². The lowest BCUT2D eigenvalue weighted by molar-refractivity contribution is 0.392. The lowest BCUT2D eigenvalue weighted by atomic mass is 10.1. The van der Waals surface area contributed by atoms with E-state index >= 15 is 0 Å². The van der Waals surface area contributed by atoms with Crippen molar-refractivity contribution in [3.8, 4) is 0 Å². The molecule has 0 atom stereocenters. The van der Waals surface area contributed by atoms with E-state index in [-0.39, 0.29) is 0 Å². The number of aryl methyl sites for hydroxylation is 2. The first-order chi connectivity index (χ1) is 10.2. The monoisotopic (exact) mass is 286 g/mol. The smallest absolute Gasteiger partial charge is 0.191 e. The lowest BCUT2D eigenvalue weighted by Gasteiger charge is -2.11. The first-order valence-corrected chi connectivity index (χ1v) is 7.11. The van der Waals surface area contributed by atoms with Gasteiger partial charge in [0.25, 0.3) is 0 Å². The van der Waals surface area contributed by atoms with Gasteiger partial charge < -0.3 is 15.2 Å². The summed E-state index contributed by atoms with van der Waals surface area (Å²) in [6.07, 6.45) is 0.868. The molecule has 112 valence electrons. The molecule has 0 amide bonds. The quantitative estimate of drug-likeness (QED) is 0.653. The highest BCUT2D eigenvalue weighted by atomic mass is 16.5. The van der Waals surface area contributed by atoms with Crippen LogP contribution in [0, 0.1) is 13.8 Å². The van der Waals surface area contributed by atoms with Crippen LogP contribution in [-0.4, -0.2) is 24.7 Å². The predicted molar refractivity (Wildman–Crippen MR) is 84.3 cm³/mol. The molecule has 21 heavy (non-hydrogen) atoms. The molecule has 1 aromatic carbocycles. The second-order valence-corrected chi connectivity index (χ2v) is 4.89. The molecular formula is C16H22N4O. The Labute approximate surface area is 125 Å². The summed E-state index contributed by atoms with van der Waals surface area (Å²) in [5.41, 5.74) is 3.36. The summed E-state index contributed by atoms with van der Waals surface area (Å²) in [5.74, 6) is 1.69. The number of hydrogen-bond donors (Lipinski definition) is 2. The third-order valence-electron chi connectivity index (χ3n) is 3.38. The van der Waals surface area contributed by atoms with Gasteiger partial charge in [0.05, 0.1) is 5.69 Å². The minimum Gasteiger partial charge on any atom is -0.361 e. The second kappa shape index (κ2) is 7.47. The van der Waals surface area contributed by atoms with Crippen molar-refractivity contribution in [1.82, 2.24) is 15.8 Å². The van der Waals surface area contributed by atoms with Crippen LogP contribution in [0.4, 0.5) is 0 Å². The van der Waals surface area contributed by atoms with E-state index in [0.717, 1.165) is 36.9 Å². The number of rotatable bonds is 5. The highest BCUT2D eigenvalue weighted by molar-refractivity contribution is 5.79. The molecule has 5 nitrogen and oxygen atoms in total. The highest BCUT2D eigenvalue weighted by Gasteiger charge is 2.08. The molecule has 2 aromatic rings. The van der Waals surface area contributed by atoms with Gasteiger partial charge >= 0.3 is 0 Å². The van der Waals surface area contributed by atoms with Gasteiger partial charge in [0.15, 0.2) is 5.96 Å². The fourth-order valence-electron chi connectivity index (χ4n) is 2.17. The summed E-state index contributed by atoms with van der Waals surface area (Å²) in [4.78, 5) is 4.22. The zero-order chi connectivity index (χ0) is 15.1. The zero-order valence-corrected chi connectivity index (χ0v) is 12.8. The third-order valence-corrected chi connectivity index (χ3v) is 3.38. The molecule has 1 heterocycles. The number of nitrogens with one attached hydrogen (secondary N) is 2. The summed E-state index contributed by atoms with van der Waals surface area (Å²) < 4.78 is 5.16. The average Bonchev–Trinajstić information content (AvgIpc) is 2.83. The van der Waals surface area contributed by atoms with Crippen LogP contribution in [-0.2, 0) is 13.0 Å². The van der Waals surface area contributed by atoms with Gasteiger partial charge in [-0.3, -0.25) is 4.99 Å². The number of aromatic nitrogens is 1. The maximum absolute atomic E-state index is 5.16. The summed E-state index contributed by atoms with van der Waals surface area (Å²) in [6.45, 7) is 5.45. The fourth-order valence-corrected chi connectivity index (χ4v) is 2.17. The van der Waals surface area contributed by atoms with Crippen LogP contribution >= 0.6 is 0 Å². The first-order valence-electron chi connectivity index (χ1n) is 7.11. The Bertz CT molecular complexity index is 570. The molecule has 0 aliphatic carbocycles. The molecule has 2 N–H and O–H groups in total. The Hall–Kier alpha value is -2.30. The number of nitrogens with zero attached hydrogens (tertiary/aromatic N) is 2. The third kappa shape index (κ3) is 4.34. The number of guanidine groups is 1. The molecule has 0 saturated heterocycles. The molecule has 0 aliphatic rings. The van der Waals surface area contributed by atoms with Gasteiger partial charge in [-0.15, -0.1) is 0 Å². The van der Waals surface area contributed by atoms with Crippen molar-refractivity contribution in [2.24, 2.45) is 4.99 Å². The van der Waals surface area contributed by atoms with Gasteiger partial charge in [-0.1, -0.05) is 35.5 Å². The highest BCUT2D eigenvalue weighted by Crippen LogP contribution is 2.11. The summed E-state index contributed by atoms with van der Waals surface area (Å²) in [5, 5.41) is 10.6. The number of benzene rings is 1. The first kappa shape index (κ1) is 15.1. The van der Waals surface area contributed by atoms with E-state index in [0.29, 0.717) is 0 Å². The van der Waals surface area contributed by atoms with Crippen molar-refractivity contribution < 1.29 is 4.52 Å². The second-order valence-electron chi connectivity index (χ2n) is 4.89. The molecule has 0 unspecified atom stereocenters. The Morgan fingerprint density at radius 3 is 2.57 bits per heavy atom. The SMILES string of the molecule is CN=C(NCCc1c(C)noc1C)NCc1ccccc1. The molecule has 5 heteroatoms. The van der Waals surface area contributed by atoms with E-state index in [1.165, 1.54) is 11.1 Å². The van der Waals surface area contributed by atoms with E-state index < -0.39 is 0 Å². The molecule has 0 saturated carbocycles. The largest absolute Gasteiger partial charge is 0.361 e. The van der Waals surface area contributed by atoms with Gasteiger partial charge in [-0.05, 0) is 25.8 Å². The molecule has 0 aliphatic heterocycles. The lowest BCUT2D eigenvalue weighted by Crippen LogP contribution is -2.37. The maximum atomic E-state index is 5.16. The molecule has 0 bridgehead atoms. The van der Waals surface area contributed by atoms with Crippen molar-refractivity contribution in [3.63, 3.8) is 0 Å². The van der Waals surface area contributed by atoms with Crippen LogP contribution in [0.3, 0.4) is 0 Å². The Balaban J connectivity index is 1.78. The van der Waals surface area contributed by atoms with Crippen LogP contribution in [0.5, 0.6) is 0 Å². The van der Waals surface area contributed by atoms with E-state index in [9.17, 15) is 0 Å². The Kier molecular flexibility index (Phi) is 5.37. The summed E-state index contributed by atoms with van der Waals surface area (Å²) >= 11 is 0. The number of hydrogen-bond acceptors (Lipinski definition) is 3. The zero-order valence-electron chi connectivity index (χ0n) is 12.8. The normalized spacial score (nSPS) is 11.5. The summed E-state index contributed by atoms with van der Waals surface area (Å²) in [6, 6.07) is 10.3. The molecular weight excluding hydrogens is 264 g/mol. The van der Waals surface area contributed by atoms with Gasteiger partial charge in [0, 0.05) is 25.7 Å².